The van der Waals surface area contributed by atoms with E-state index < -0.39 is 9.84 Å². The van der Waals surface area contributed by atoms with E-state index in [1.807, 2.05) is 0 Å². The second-order valence-corrected chi connectivity index (χ2v) is 7.08. The molecule has 4 nitrogen and oxygen atoms in total. The molecule has 5 heteroatoms. The summed E-state index contributed by atoms with van der Waals surface area (Å²) in [5, 5.41) is 3.25. The molecule has 2 aliphatic heterocycles. The summed E-state index contributed by atoms with van der Waals surface area (Å²) in [4.78, 5) is 2.23. The number of hydrogen-bond donors (Lipinski definition) is 1. The van der Waals surface area contributed by atoms with E-state index in [2.05, 4.69) is 17.3 Å². The Kier molecular flexibility index (Phi) is 3.33. The highest BCUT2D eigenvalue weighted by atomic mass is 32.2. The lowest BCUT2D eigenvalue weighted by Crippen LogP contribution is -2.44. The fraction of sp³-hybridized carbons (Fsp3) is 1.00. The molecule has 0 radical (unpaired) electrons. The Hall–Kier alpha value is -0.130. The lowest BCUT2D eigenvalue weighted by atomic mass is 9.99. The second kappa shape index (κ2) is 4.39. The van der Waals surface area contributed by atoms with Gasteiger partial charge in [0.15, 0.2) is 9.84 Å². The van der Waals surface area contributed by atoms with E-state index in [0.717, 1.165) is 32.0 Å². The number of nitrogens with one attached hydrogen (secondary N) is 1. The lowest BCUT2D eigenvalue weighted by Gasteiger charge is -2.30. The summed E-state index contributed by atoms with van der Waals surface area (Å²) in [6.07, 6.45) is 2.02. The van der Waals surface area contributed by atoms with Crippen molar-refractivity contribution >= 4 is 9.84 Å². The summed E-state index contributed by atoms with van der Waals surface area (Å²) in [7, 11) is -0.671. The maximum atomic E-state index is 11.3. The van der Waals surface area contributed by atoms with E-state index in [1.165, 1.54) is 6.42 Å². The zero-order valence-electron chi connectivity index (χ0n) is 9.28. The minimum Gasteiger partial charge on any atom is -0.316 e. The van der Waals surface area contributed by atoms with Gasteiger partial charge in [0.2, 0.25) is 0 Å². The predicted molar refractivity (Wildman–Crippen MR) is 60.7 cm³/mol. The molecule has 2 rings (SSSR count). The SMILES string of the molecule is CN(CCC1CNC1)C1CCS(=O)(=O)C1. The molecule has 0 bridgehead atoms. The van der Waals surface area contributed by atoms with Crippen LogP contribution in [0.2, 0.25) is 0 Å². The first-order valence-corrected chi connectivity index (χ1v) is 7.50. The fourth-order valence-electron chi connectivity index (χ4n) is 2.24. The van der Waals surface area contributed by atoms with Gasteiger partial charge in [-0.15, -0.1) is 0 Å². The molecular weight excluding hydrogens is 212 g/mol. The normalized spacial score (nSPS) is 30.7. The lowest BCUT2D eigenvalue weighted by molar-refractivity contribution is 0.218. The molecule has 0 aromatic carbocycles. The van der Waals surface area contributed by atoms with Gasteiger partial charge in [0.1, 0.15) is 0 Å². The van der Waals surface area contributed by atoms with Crippen LogP contribution in [-0.4, -0.2) is 57.5 Å². The molecule has 0 spiro atoms. The first-order valence-electron chi connectivity index (χ1n) is 5.68. The van der Waals surface area contributed by atoms with Crippen molar-refractivity contribution in [2.75, 3.05) is 38.2 Å². The molecule has 0 aromatic heterocycles. The molecule has 2 fully saturated rings. The number of sulfone groups is 1. The maximum Gasteiger partial charge on any atom is 0.151 e. The van der Waals surface area contributed by atoms with Crippen LogP contribution in [0.15, 0.2) is 0 Å². The van der Waals surface area contributed by atoms with E-state index >= 15 is 0 Å². The van der Waals surface area contributed by atoms with Gasteiger partial charge in [-0.2, -0.15) is 0 Å². The summed E-state index contributed by atoms with van der Waals surface area (Å²) < 4.78 is 22.6. The molecule has 0 amide bonds. The van der Waals surface area contributed by atoms with Crippen LogP contribution < -0.4 is 5.32 Å². The van der Waals surface area contributed by atoms with Crippen molar-refractivity contribution in [1.82, 2.24) is 10.2 Å². The topological polar surface area (TPSA) is 49.4 Å². The van der Waals surface area contributed by atoms with Gasteiger partial charge in [-0.1, -0.05) is 0 Å². The van der Waals surface area contributed by atoms with Gasteiger partial charge in [-0.25, -0.2) is 8.42 Å². The van der Waals surface area contributed by atoms with Gasteiger partial charge < -0.3 is 10.2 Å². The van der Waals surface area contributed by atoms with E-state index in [-0.39, 0.29) is 6.04 Å². The van der Waals surface area contributed by atoms with Crippen molar-refractivity contribution in [3.8, 4) is 0 Å². The van der Waals surface area contributed by atoms with Crippen molar-refractivity contribution in [3.05, 3.63) is 0 Å². The van der Waals surface area contributed by atoms with Crippen molar-refractivity contribution in [1.29, 1.82) is 0 Å². The maximum absolute atomic E-state index is 11.3. The molecule has 0 aliphatic carbocycles. The summed E-state index contributed by atoms with van der Waals surface area (Å²) in [6.45, 7) is 3.31. The third-order valence-electron chi connectivity index (χ3n) is 3.59. The largest absolute Gasteiger partial charge is 0.316 e. The van der Waals surface area contributed by atoms with Crippen LogP contribution >= 0.6 is 0 Å². The van der Waals surface area contributed by atoms with E-state index in [4.69, 9.17) is 0 Å². The Morgan fingerprint density at radius 3 is 2.60 bits per heavy atom. The highest BCUT2D eigenvalue weighted by Gasteiger charge is 2.30. The summed E-state index contributed by atoms with van der Waals surface area (Å²) >= 11 is 0. The van der Waals surface area contributed by atoms with E-state index in [1.54, 1.807) is 0 Å². The van der Waals surface area contributed by atoms with Gasteiger partial charge >= 0.3 is 0 Å². The molecule has 0 aromatic rings. The number of rotatable bonds is 4. The van der Waals surface area contributed by atoms with Crippen molar-refractivity contribution in [3.63, 3.8) is 0 Å². The molecule has 2 saturated heterocycles. The van der Waals surface area contributed by atoms with Gasteiger partial charge in [-0.05, 0) is 45.4 Å². The Labute approximate surface area is 91.9 Å². The first-order chi connectivity index (χ1) is 7.07. The summed E-state index contributed by atoms with van der Waals surface area (Å²) in [5.74, 6) is 1.56. The Morgan fingerprint density at radius 2 is 2.13 bits per heavy atom. The third kappa shape index (κ3) is 2.92. The Balaban J connectivity index is 1.73. The molecular formula is C10H20N2O2S. The molecule has 1 N–H and O–H groups in total. The third-order valence-corrected chi connectivity index (χ3v) is 5.34. The highest BCUT2D eigenvalue weighted by Crippen LogP contribution is 2.18. The molecule has 88 valence electrons. The van der Waals surface area contributed by atoms with Crippen molar-refractivity contribution in [2.45, 2.75) is 18.9 Å². The smallest absolute Gasteiger partial charge is 0.151 e. The Bertz CT molecular complexity index is 311. The summed E-state index contributed by atoms with van der Waals surface area (Å²) in [6, 6.07) is 0.267. The first kappa shape index (κ1) is 11.4. The van der Waals surface area contributed by atoms with Crippen molar-refractivity contribution in [2.24, 2.45) is 5.92 Å². The fourth-order valence-corrected chi connectivity index (χ4v) is 4.05. The standard InChI is InChI=1S/C10H20N2O2S/c1-12(4-2-9-6-11-7-9)10-3-5-15(13,14)8-10/h9-11H,2-8H2,1H3. The average Bonchev–Trinajstić information content (AvgIpc) is 2.43. The summed E-state index contributed by atoms with van der Waals surface area (Å²) in [5.41, 5.74) is 0. The number of nitrogens with zero attached hydrogens (tertiary/aromatic N) is 1. The minimum atomic E-state index is -2.72. The molecule has 1 atom stereocenters. The Morgan fingerprint density at radius 1 is 1.40 bits per heavy atom. The van der Waals surface area contributed by atoms with Gasteiger partial charge in [0.25, 0.3) is 0 Å². The zero-order chi connectivity index (χ0) is 10.9. The van der Waals surface area contributed by atoms with E-state index in [9.17, 15) is 8.42 Å². The van der Waals surface area contributed by atoms with Crippen LogP contribution in [0.5, 0.6) is 0 Å². The molecule has 2 aliphatic rings. The van der Waals surface area contributed by atoms with Crippen LogP contribution in [0.4, 0.5) is 0 Å². The molecule has 15 heavy (non-hydrogen) atoms. The molecule has 0 saturated carbocycles. The van der Waals surface area contributed by atoms with Crippen LogP contribution in [0, 0.1) is 5.92 Å². The molecule has 2 heterocycles. The molecule has 1 unspecified atom stereocenters. The van der Waals surface area contributed by atoms with Crippen LogP contribution in [0.25, 0.3) is 0 Å². The monoisotopic (exact) mass is 232 g/mol. The van der Waals surface area contributed by atoms with Gasteiger partial charge in [0.05, 0.1) is 11.5 Å². The van der Waals surface area contributed by atoms with Gasteiger partial charge in [-0.3, -0.25) is 0 Å². The van der Waals surface area contributed by atoms with Crippen molar-refractivity contribution < 1.29 is 8.42 Å². The van der Waals surface area contributed by atoms with Gasteiger partial charge in [0, 0.05) is 6.04 Å². The second-order valence-electron chi connectivity index (χ2n) is 4.85. The highest BCUT2D eigenvalue weighted by molar-refractivity contribution is 7.91. The number of hydrogen-bond acceptors (Lipinski definition) is 4. The zero-order valence-corrected chi connectivity index (χ0v) is 10.1. The van der Waals surface area contributed by atoms with Crippen LogP contribution in [-0.2, 0) is 9.84 Å². The quantitative estimate of drug-likeness (QED) is 0.724. The van der Waals surface area contributed by atoms with Crippen LogP contribution in [0.1, 0.15) is 12.8 Å². The average molecular weight is 232 g/mol. The van der Waals surface area contributed by atoms with E-state index in [0.29, 0.717) is 11.5 Å². The predicted octanol–water partition coefficient (Wildman–Crippen LogP) is -0.285. The van der Waals surface area contributed by atoms with Crippen LogP contribution in [0.3, 0.4) is 0 Å². The minimum absolute atomic E-state index is 0.267.